The molecule has 7 heteroatoms. The molecule has 0 saturated heterocycles. The Bertz CT molecular complexity index is 614. The first-order chi connectivity index (χ1) is 10.7. The van der Waals surface area contributed by atoms with Crippen LogP contribution >= 0.6 is 11.3 Å². The molecule has 2 rings (SSSR count). The molecule has 0 radical (unpaired) electrons. The lowest BCUT2D eigenvalue weighted by Gasteiger charge is -2.23. The van der Waals surface area contributed by atoms with Crippen molar-refractivity contribution in [2.24, 2.45) is 5.92 Å². The second-order valence-electron chi connectivity index (χ2n) is 6.71. The average Bonchev–Trinajstić information content (AvgIpc) is 3.17. The van der Waals surface area contributed by atoms with E-state index >= 15 is 0 Å². The zero-order valence-corrected chi connectivity index (χ0v) is 14.6. The van der Waals surface area contributed by atoms with Crippen LogP contribution in [0, 0.1) is 5.92 Å². The Kier molecular flexibility index (Phi) is 5.09. The molecule has 1 aliphatic carbocycles. The highest BCUT2D eigenvalue weighted by atomic mass is 32.1. The molecule has 0 spiro atoms. The summed E-state index contributed by atoms with van der Waals surface area (Å²) in [6.45, 7) is 7.09. The fourth-order valence-corrected chi connectivity index (χ4v) is 2.62. The van der Waals surface area contributed by atoms with Crippen molar-refractivity contribution in [3.05, 3.63) is 17.0 Å². The van der Waals surface area contributed by atoms with Gasteiger partial charge in [-0.2, -0.15) is 0 Å². The molecule has 2 N–H and O–H groups in total. The van der Waals surface area contributed by atoms with Crippen LogP contribution in [0.5, 0.6) is 0 Å². The van der Waals surface area contributed by atoms with Gasteiger partial charge in [-0.25, -0.2) is 4.79 Å². The Hall–Kier alpha value is -1.89. The number of esters is 1. The smallest absolute Gasteiger partial charge is 0.349 e. The summed E-state index contributed by atoms with van der Waals surface area (Å²) in [6, 6.07) is 3.26. The molecule has 126 valence electrons. The zero-order valence-electron chi connectivity index (χ0n) is 13.8. The molecule has 1 saturated carbocycles. The summed E-state index contributed by atoms with van der Waals surface area (Å²) in [4.78, 5) is 36.0. The number of ether oxygens (including phenoxy) is 1. The molecular formula is C16H22N2O4S. The van der Waals surface area contributed by atoms with Crippen molar-refractivity contribution in [1.29, 1.82) is 0 Å². The van der Waals surface area contributed by atoms with Crippen LogP contribution in [0.2, 0.25) is 0 Å². The molecular weight excluding hydrogens is 316 g/mol. The topological polar surface area (TPSA) is 84.5 Å². The lowest BCUT2D eigenvalue weighted by Crippen LogP contribution is -2.46. The maximum absolute atomic E-state index is 12.1. The lowest BCUT2D eigenvalue weighted by atomic mass is 10.1. The second kappa shape index (κ2) is 6.70. The summed E-state index contributed by atoms with van der Waals surface area (Å²) in [6.07, 6.45) is 0.965. The number of anilines is 1. The zero-order chi connectivity index (χ0) is 17.2. The molecule has 0 bridgehead atoms. The highest BCUT2D eigenvalue weighted by molar-refractivity contribution is 7.18. The maximum Gasteiger partial charge on any atom is 0.349 e. The molecule has 6 nitrogen and oxygen atoms in total. The van der Waals surface area contributed by atoms with Gasteiger partial charge in [0.15, 0.2) is 6.10 Å². The molecule has 0 aromatic carbocycles. The van der Waals surface area contributed by atoms with E-state index in [9.17, 15) is 14.4 Å². The minimum Gasteiger partial charge on any atom is -0.448 e. The summed E-state index contributed by atoms with van der Waals surface area (Å²) in [5.74, 6) is -0.818. The van der Waals surface area contributed by atoms with Crippen LogP contribution in [-0.4, -0.2) is 29.4 Å². The van der Waals surface area contributed by atoms with Crippen LogP contribution in [0.3, 0.4) is 0 Å². The number of hydrogen-bond donors (Lipinski definition) is 2. The van der Waals surface area contributed by atoms with Crippen LogP contribution in [-0.2, 0) is 14.3 Å². The van der Waals surface area contributed by atoms with Crippen LogP contribution in [0.4, 0.5) is 5.00 Å². The third-order valence-corrected chi connectivity index (χ3v) is 4.13. The average molecular weight is 338 g/mol. The quantitative estimate of drug-likeness (QED) is 0.808. The SMILES string of the molecule is C[C@@H](OC(=O)c1ccc(NC(=O)C2CC2)s1)C(=O)NC(C)(C)C. The van der Waals surface area contributed by atoms with Crippen molar-refractivity contribution < 1.29 is 19.1 Å². The summed E-state index contributed by atoms with van der Waals surface area (Å²) in [5, 5.41) is 6.15. The van der Waals surface area contributed by atoms with Gasteiger partial charge in [0.2, 0.25) is 5.91 Å². The molecule has 1 aliphatic rings. The predicted octanol–water partition coefficient (Wildman–Crippen LogP) is 2.56. The van der Waals surface area contributed by atoms with Crippen LogP contribution < -0.4 is 10.6 Å². The van der Waals surface area contributed by atoms with Gasteiger partial charge < -0.3 is 15.4 Å². The summed E-state index contributed by atoms with van der Waals surface area (Å²) in [5.41, 5.74) is -0.388. The van der Waals surface area contributed by atoms with Gasteiger partial charge in [0.1, 0.15) is 4.88 Å². The number of amides is 2. The molecule has 23 heavy (non-hydrogen) atoms. The van der Waals surface area contributed by atoms with E-state index in [0.717, 1.165) is 24.2 Å². The van der Waals surface area contributed by atoms with E-state index in [1.165, 1.54) is 6.92 Å². The maximum atomic E-state index is 12.1. The second-order valence-corrected chi connectivity index (χ2v) is 7.80. The monoisotopic (exact) mass is 338 g/mol. The molecule has 2 amide bonds. The largest absolute Gasteiger partial charge is 0.448 e. The Morgan fingerprint density at radius 1 is 1.26 bits per heavy atom. The number of thiophene rings is 1. The number of rotatable bonds is 5. The van der Waals surface area contributed by atoms with Crippen LogP contribution in [0.1, 0.15) is 50.2 Å². The van der Waals surface area contributed by atoms with Crippen LogP contribution in [0.25, 0.3) is 0 Å². The van der Waals surface area contributed by atoms with Crippen molar-refractivity contribution in [3.63, 3.8) is 0 Å². The van der Waals surface area contributed by atoms with Gasteiger partial charge in [0.05, 0.1) is 5.00 Å². The highest BCUT2D eigenvalue weighted by Crippen LogP contribution is 2.31. The van der Waals surface area contributed by atoms with E-state index in [-0.39, 0.29) is 23.3 Å². The normalized spacial score (nSPS) is 15.7. The van der Waals surface area contributed by atoms with Crippen LogP contribution in [0.15, 0.2) is 12.1 Å². The first kappa shape index (κ1) is 17.5. The van der Waals surface area contributed by atoms with Gasteiger partial charge in [-0.3, -0.25) is 9.59 Å². The van der Waals surface area contributed by atoms with E-state index < -0.39 is 12.1 Å². The lowest BCUT2D eigenvalue weighted by molar-refractivity contribution is -0.130. The van der Waals surface area contributed by atoms with Gasteiger partial charge in [-0.1, -0.05) is 0 Å². The number of hydrogen-bond acceptors (Lipinski definition) is 5. The molecule has 1 aromatic rings. The van der Waals surface area contributed by atoms with Gasteiger partial charge in [0.25, 0.3) is 5.91 Å². The number of carbonyl (C=O) groups is 3. The number of nitrogens with one attached hydrogen (secondary N) is 2. The minimum atomic E-state index is -0.881. The third kappa shape index (κ3) is 5.35. The fraction of sp³-hybridized carbons (Fsp3) is 0.562. The summed E-state index contributed by atoms with van der Waals surface area (Å²) in [7, 11) is 0. The standard InChI is InChI=1S/C16H22N2O4S/c1-9(13(19)18-16(2,3)4)22-15(21)11-7-8-12(23-11)17-14(20)10-5-6-10/h7-10H,5-6H2,1-4H3,(H,17,20)(H,18,19)/t9-/m1/s1. The predicted molar refractivity (Wildman–Crippen MR) is 88.4 cm³/mol. The van der Waals surface area contributed by atoms with Gasteiger partial charge in [0, 0.05) is 11.5 Å². The summed E-state index contributed by atoms with van der Waals surface area (Å²) < 4.78 is 5.17. The van der Waals surface area contributed by atoms with Crippen molar-refractivity contribution in [2.75, 3.05) is 5.32 Å². The Morgan fingerprint density at radius 3 is 2.48 bits per heavy atom. The van der Waals surface area contributed by atoms with Crippen molar-refractivity contribution in [2.45, 2.75) is 52.2 Å². The van der Waals surface area contributed by atoms with Crippen molar-refractivity contribution >= 4 is 34.1 Å². The van der Waals surface area contributed by atoms with Gasteiger partial charge >= 0.3 is 5.97 Å². The minimum absolute atomic E-state index is 0.00955. The Morgan fingerprint density at radius 2 is 1.91 bits per heavy atom. The van der Waals surface area contributed by atoms with Gasteiger partial charge in [-0.15, -0.1) is 11.3 Å². The molecule has 1 aromatic heterocycles. The highest BCUT2D eigenvalue weighted by Gasteiger charge is 2.30. The van der Waals surface area contributed by atoms with E-state index in [1.807, 2.05) is 20.8 Å². The Labute approximate surface area is 139 Å². The summed E-state index contributed by atoms with van der Waals surface area (Å²) >= 11 is 1.14. The molecule has 0 aliphatic heterocycles. The van der Waals surface area contributed by atoms with Gasteiger partial charge in [-0.05, 0) is 52.7 Å². The molecule has 0 unspecified atom stereocenters. The molecule has 1 fully saturated rings. The third-order valence-electron chi connectivity index (χ3n) is 3.15. The Balaban J connectivity index is 1.88. The van der Waals surface area contributed by atoms with Crippen molar-refractivity contribution in [3.8, 4) is 0 Å². The van der Waals surface area contributed by atoms with E-state index in [4.69, 9.17) is 4.74 Å². The first-order valence-corrected chi connectivity index (χ1v) is 8.41. The fourth-order valence-electron chi connectivity index (χ4n) is 1.83. The van der Waals surface area contributed by atoms with E-state index in [2.05, 4.69) is 10.6 Å². The van der Waals surface area contributed by atoms with Crippen molar-refractivity contribution in [1.82, 2.24) is 5.32 Å². The van der Waals surface area contributed by atoms with E-state index in [1.54, 1.807) is 12.1 Å². The molecule has 1 atom stereocenters. The molecule has 1 heterocycles. The van der Waals surface area contributed by atoms with E-state index in [0.29, 0.717) is 9.88 Å². The number of carbonyl (C=O) groups excluding carboxylic acids is 3. The first-order valence-electron chi connectivity index (χ1n) is 7.59.